The zero-order valence-electron chi connectivity index (χ0n) is 8.28. The summed E-state index contributed by atoms with van der Waals surface area (Å²) in [4.78, 5) is 11.3. The molecule has 0 bridgehead atoms. The molecule has 0 saturated carbocycles. The van der Waals surface area contributed by atoms with E-state index >= 15 is 0 Å². The van der Waals surface area contributed by atoms with Crippen LogP contribution in [0, 0.1) is 0 Å². The maximum absolute atomic E-state index is 11.3. The third-order valence-corrected chi connectivity index (χ3v) is 3.07. The minimum absolute atomic E-state index is 0.154. The van der Waals surface area contributed by atoms with Crippen molar-refractivity contribution >= 4 is 21.6 Å². The van der Waals surface area contributed by atoms with E-state index in [4.69, 9.17) is 10.5 Å². The van der Waals surface area contributed by atoms with Crippen LogP contribution in [-0.4, -0.2) is 17.3 Å². The number of pyridine rings is 1. The van der Waals surface area contributed by atoms with Gasteiger partial charge in [-0.1, -0.05) is 0 Å². The van der Waals surface area contributed by atoms with Crippen molar-refractivity contribution in [3.63, 3.8) is 0 Å². The normalized spacial score (nSPS) is 20.7. The molecule has 82 valence electrons. The van der Waals surface area contributed by atoms with Crippen LogP contribution in [0.1, 0.15) is 12.8 Å². The van der Waals surface area contributed by atoms with Gasteiger partial charge in [-0.25, -0.2) is 0 Å². The monoisotopic (exact) mass is 272 g/mol. The number of nitrogen functional groups attached to an aromatic ring is 1. The first-order valence-corrected chi connectivity index (χ1v) is 5.73. The standard InChI is InChI=1S/C10H13BrN2O2/c11-8-5-13(6-9(12)10(8)14)4-7-2-1-3-15-7/h5-7H,1-4,12H2. The van der Waals surface area contributed by atoms with Gasteiger partial charge in [0.05, 0.1) is 16.3 Å². The number of aromatic nitrogens is 1. The fraction of sp³-hybridized carbons (Fsp3) is 0.500. The van der Waals surface area contributed by atoms with E-state index in [2.05, 4.69) is 15.9 Å². The molecule has 1 fully saturated rings. The SMILES string of the molecule is Nc1cn(CC2CCCO2)cc(Br)c1=O. The molecular formula is C10H13BrN2O2. The average molecular weight is 273 g/mol. The Morgan fingerprint density at radius 2 is 2.40 bits per heavy atom. The third kappa shape index (κ3) is 2.41. The molecule has 0 aromatic carbocycles. The van der Waals surface area contributed by atoms with Crippen LogP contribution in [0.2, 0.25) is 0 Å². The fourth-order valence-corrected chi connectivity index (χ4v) is 2.24. The number of rotatable bonds is 2. The Bertz CT molecular complexity index is 384. The second-order valence-corrected chi connectivity index (χ2v) is 4.58. The maximum Gasteiger partial charge on any atom is 0.218 e. The Morgan fingerprint density at radius 3 is 3.00 bits per heavy atom. The topological polar surface area (TPSA) is 57.2 Å². The van der Waals surface area contributed by atoms with Gasteiger partial charge >= 0.3 is 0 Å². The van der Waals surface area contributed by atoms with E-state index in [1.807, 2.05) is 4.57 Å². The Morgan fingerprint density at radius 1 is 1.60 bits per heavy atom. The second kappa shape index (κ2) is 4.37. The summed E-state index contributed by atoms with van der Waals surface area (Å²) in [6.07, 6.45) is 5.85. The molecule has 1 aromatic heterocycles. The van der Waals surface area contributed by atoms with Gasteiger partial charge in [0.25, 0.3) is 0 Å². The fourth-order valence-electron chi connectivity index (χ4n) is 1.75. The van der Waals surface area contributed by atoms with Crippen LogP contribution < -0.4 is 11.2 Å². The molecule has 4 nitrogen and oxygen atoms in total. The van der Waals surface area contributed by atoms with Crippen molar-refractivity contribution in [2.24, 2.45) is 0 Å². The number of nitrogens with two attached hydrogens (primary N) is 1. The Kier molecular flexibility index (Phi) is 3.11. The van der Waals surface area contributed by atoms with E-state index in [0.717, 1.165) is 26.0 Å². The first-order chi connectivity index (χ1) is 7.16. The van der Waals surface area contributed by atoms with Crippen LogP contribution in [0.25, 0.3) is 0 Å². The van der Waals surface area contributed by atoms with Crippen molar-refractivity contribution in [3.8, 4) is 0 Å². The molecule has 1 atom stereocenters. The molecule has 0 amide bonds. The van der Waals surface area contributed by atoms with Gasteiger partial charge in [0, 0.05) is 25.5 Å². The zero-order chi connectivity index (χ0) is 10.8. The zero-order valence-corrected chi connectivity index (χ0v) is 9.87. The summed E-state index contributed by atoms with van der Waals surface area (Å²) in [7, 11) is 0. The first kappa shape index (κ1) is 10.7. The van der Waals surface area contributed by atoms with Crippen molar-refractivity contribution in [3.05, 3.63) is 27.1 Å². The van der Waals surface area contributed by atoms with Crippen LogP contribution in [0.5, 0.6) is 0 Å². The third-order valence-electron chi connectivity index (χ3n) is 2.50. The van der Waals surface area contributed by atoms with Crippen molar-refractivity contribution in [2.75, 3.05) is 12.3 Å². The molecule has 2 rings (SSSR count). The van der Waals surface area contributed by atoms with Gasteiger partial charge in [-0.05, 0) is 28.8 Å². The van der Waals surface area contributed by atoms with Gasteiger partial charge in [0.1, 0.15) is 0 Å². The van der Waals surface area contributed by atoms with Gasteiger partial charge in [-0.3, -0.25) is 4.79 Å². The summed E-state index contributed by atoms with van der Waals surface area (Å²) < 4.78 is 7.91. The van der Waals surface area contributed by atoms with E-state index < -0.39 is 0 Å². The van der Waals surface area contributed by atoms with Crippen molar-refractivity contribution in [1.82, 2.24) is 4.57 Å². The minimum atomic E-state index is -0.154. The number of hydrogen-bond acceptors (Lipinski definition) is 3. The lowest BCUT2D eigenvalue weighted by molar-refractivity contribution is 0.0969. The van der Waals surface area contributed by atoms with Gasteiger partial charge in [-0.2, -0.15) is 0 Å². The smallest absolute Gasteiger partial charge is 0.218 e. The van der Waals surface area contributed by atoms with Gasteiger partial charge in [-0.15, -0.1) is 0 Å². The highest BCUT2D eigenvalue weighted by Gasteiger charge is 2.16. The van der Waals surface area contributed by atoms with E-state index in [1.54, 1.807) is 12.4 Å². The molecule has 1 unspecified atom stereocenters. The van der Waals surface area contributed by atoms with E-state index in [1.165, 1.54) is 0 Å². The molecular weight excluding hydrogens is 260 g/mol. The lowest BCUT2D eigenvalue weighted by Crippen LogP contribution is -2.19. The molecule has 15 heavy (non-hydrogen) atoms. The van der Waals surface area contributed by atoms with Crippen molar-refractivity contribution < 1.29 is 4.74 Å². The van der Waals surface area contributed by atoms with Crippen LogP contribution in [0.3, 0.4) is 0 Å². The maximum atomic E-state index is 11.3. The molecule has 2 N–H and O–H groups in total. The highest BCUT2D eigenvalue weighted by molar-refractivity contribution is 9.10. The second-order valence-electron chi connectivity index (χ2n) is 3.72. The highest BCUT2D eigenvalue weighted by Crippen LogP contribution is 2.15. The number of hydrogen-bond donors (Lipinski definition) is 1. The Balaban J connectivity index is 2.18. The molecule has 1 aliphatic heterocycles. The van der Waals surface area contributed by atoms with E-state index in [0.29, 0.717) is 4.47 Å². The number of halogens is 1. The molecule has 0 spiro atoms. The quantitative estimate of drug-likeness (QED) is 0.885. The predicted octanol–water partition coefficient (Wildman–Crippen LogP) is 1.37. The van der Waals surface area contributed by atoms with Crippen LogP contribution in [0.4, 0.5) is 5.69 Å². The lowest BCUT2D eigenvalue weighted by atomic mass is 10.2. The largest absolute Gasteiger partial charge is 0.394 e. The highest BCUT2D eigenvalue weighted by atomic mass is 79.9. The molecule has 1 aromatic rings. The molecule has 0 aliphatic carbocycles. The molecule has 1 aliphatic rings. The van der Waals surface area contributed by atoms with E-state index in [9.17, 15) is 4.79 Å². The number of anilines is 1. The molecule has 0 radical (unpaired) electrons. The minimum Gasteiger partial charge on any atom is -0.394 e. The molecule has 1 saturated heterocycles. The Labute approximate surface area is 96.2 Å². The predicted molar refractivity (Wildman–Crippen MR) is 61.8 cm³/mol. The number of nitrogens with zero attached hydrogens (tertiary/aromatic N) is 1. The average Bonchev–Trinajstić information content (AvgIpc) is 2.66. The van der Waals surface area contributed by atoms with Gasteiger partial charge in [0.2, 0.25) is 5.43 Å². The number of ether oxygens (including phenoxy) is 1. The lowest BCUT2D eigenvalue weighted by Gasteiger charge is -2.13. The Hall–Kier alpha value is -0.810. The van der Waals surface area contributed by atoms with Gasteiger partial charge in [0.15, 0.2) is 0 Å². The van der Waals surface area contributed by atoms with Crippen LogP contribution in [-0.2, 0) is 11.3 Å². The van der Waals surface area contributed by atoms with Crippen molar-refractivity contribution in [1.29, 1.82) is 0 Å². The summed E-state index contributed by atoms with van der Waals surface area (Å²) in [5.41, 5.74) is 5.70. The van der Waals surface area contributed by atoms with Crippen LogP contribution in [0.15, 0.2) is 21.7 Å². The van der Waals surface area contributed by atoms with E-state index in [-0.39, 0.29) is 17.2 Å². The van der Waals surface area contributed by atoms with Crippen LogP contribution >= 0.6 is 15.9 Å². The summed E-state index contributed by atoms with van der Waals surface area (Å²) in [6.45, 7) is 1.59. The first-order valence-electron chi connectivity index (χ1n) is 4.93. The van der Waals surface area contributed by atoms with Gasteiger partial charge < -0.3 is 15.0 Å². The van der Waals surface area contributed by atoms with Crippen molar-refractivity contribution in [2.45, 2.75) is 25.5 Å². The summed E-state index contributed by atoms with van der Waals surface area (Å²) in [5, 5.41) is 0. The summed E-state index contributed by atoms with van der Waals surface area (Å²) >= 11 is 3.19. The molecule has 5 heteroatoms. The summed E-state index contributed by atoms with van der Waals surface area (Å²) in [5.74, 6) is 0. The molecule has 2 heterocycles. The summed E-state index contributed by atoms with van der Waals surface area (Å²) in [6, 6.07) is 0.